The van der Waals surface area contributed by atoms with E-state index in [1.165, 1.54) is 17.8 Å². The fraction of sp³-hybridized carbons (Fsp3) is 0.571. The number of fused-ring (bicyclic) bond motifs is 1. The number of nitrogens with one attached hydrogen (secondary N) is 2. The van der Waals surface area contributed by atoms with E-state index in [4.69, 9.17) is 5.11 Å². The van der Waals surface area contributed by atoms with Crippen LogP contribution in [0.1, 0.15) is 44.3 Å². The van der Waals surface area contributed by atoms with E-state index in [0.29, 0.717) is 35.2 Å². The number of halogens is 2. The van der Waals surface area contributed by atoms with Gasteiger partial charge in [0.05, 0.1) is 17.8 Å². The molecule has 1 aliphatic carbocycles. The van der Waals surface area contributed by atoms with Crippen LogP contribution in [0.2, 0.25) is 0 Å². The molecule has 2 heterocycles. The highest BCUT2D eigenvalue weighted by Crippen LogP contribution is 2.28. The van der Waals surface area contributed by atoms with Gasteiger partial charge in [-0.2, -0.15) is 11.8 Å². The van der Waals surface area contributed by atoms with Gasteiger partial charge in [-0.15, -0.1) is 0 Å². The van der Waals surface area contributed by atoms with Crippen molar-refractivity contribution in [3.63, 3.8) is 0 Å². The summed E-state index contributed by atoms with van der Waals surface area (Å²) in [5.41, 5.74) is 0.374. The average Bonchev–Trinajstić information content (AvgIpc) is 3.13. The molecule has 2 aliphatic rings. The molecular weight excluding hydrogens is 426 g/mol. The van der Waals surface area contributed by atoms with Gasteiger partial charge in [-0.3, -0.25) is 4.79 Å². The third-order valence-corrected chi connectivity index (χ3v) is 7.26. The summed E-state index contributed by atoms with van der Waals surface area (Å²) in [7, 11) is 0. The second-order valence-corrected chi connectivity index (χ2v) is 9.56. The zero-order chi connectivity index (χ0) is 22.0. The molecule has 1 aliphatic heterocycles. The van der Waals surface area contributed by atoms with Gasteiger partial charge in [-0.05, 0) is 37.8 Å². The Balaban J connectivity index is 1.48. The maximum atomic E-state index is 14.6. The largest absolute Gasteiger partial charge is 0.465 e. The molecule has 1 amide bonds. The topological polar surface area (TPSA) is 98.3 Å². The van der Waals surface area contributed by atoms with Crippen LogP contribution >= 0.6 is 11.8 Å². The summed E-state index contributed by atoms with van der Waals surface area (Å²) in [6.07, 6.45) is 2.82. The first-order chi connectivity index (χ1) is 14.9. The zero-order valence-electron chi connectivity index (χ0n) is 17.1. The van der Waals surface area contributed by atoms with E-state index in [0.717, 1.165) is 30.6 Å². The molecule has 2 aromatic rings. The molecule has 0 spiro atoms. The van der Waals surface area contributed by atoms with Crippen LogP contribution in [0.5, 0.6) is 0 Å². The number of aromatic nitrogens is 2. The number of benzene rings is 1. The summed E-state index contributed by atoms with van der Waals surface area (Å²) in [4.78, 5) is 31.8. The summed E-state index contributed by atoms with van der Waals surface area (Å²) in [6, 6.07) is 3.35. The minimum atomic E-state index is -1.22. The number of thioether (sulfide) groups is 1. The Labute approximate surface area is 182 Å². The minimum absolute atomic E-state index is 0.0684. The van der Waals surface area contributed by atoms with Crippen molar-refractivity contribution < 1.29 is 18.7 Å². The summed E-state index contributed by atoms with van der Waals surface area (Å²) < 4.78 is 28.7. The van der Waals surface area contributed by atoms with Crippen molar-refractivity contribution in [2.24, 2.45) is 0 Å². The molecule has 2 atom stereocenters. The number of alkyl halides is 1. The quantitative estimate of drug-likeness (QED) is 0.631. The molecule has 1 aromatic heterocycles. The van der Waals surface area contributed by atoms with Crippen molar-refractivity contribution in [1.29, 1.82) is 0 Å². The first-order valence-electron chi connectivity index (χ1n) is 10.6. The third kappa shape index (κ3) is 5.28. The van der Waals surface area contributed by atoms with E-state index in [9.17, 15) is 18.4 Å². The first kappa shape index (κ1) is 21.9. The van der Waals surface area contributed by atoms with Crippen molar-refractivity contribution in [3.8, 4) is 0 Å². The van der Waals surface area contributed by atoms with Gasteiger partial charge in [0.1, 0.15) is 23.2 Å². The number of nitrogens with zero attached hydrogens (tertiary/aromatic N) is 2. The van der Waals surface area contributed by atoms with Gasteiger partial charge >= 0.3 is 6.09 Å². The van der Waals surface area contributed by atoms with Crippen molar-refractivity contribution >= 4 is 34.4 Å². The first-order valence-corrected chi connectivity index (χ1v) is 11.7. The number of hydrogen-bond acceptors (Lipinski definition) is 5. The van der Waals surface area contributed by atoms with Crippen LogP contribution in [0.4, 0.5) is 19.3 Å². The number of aromatic amines is 1. The van der Waals surface area contributed by atoms with E-state index in [1.807, 2.05) is 0 Å². The number of hydrogen-bond donors (Lipinski definition) is 3. The van der Waals surface area contributed by atoms with Crippen LogP contribution in [0.15, 0.2) is 16.9 Å². The number of H-pyrrole nitrogens is 1. The maximum Gasteiger partial charge on any atom is 0.407 e. The van der Waals surface area contributed by atoms with Gasteiger partial charge in [0.15, 0.2) is 0 Å². The summed E-state index contributed by atoms with van der Waals surface area (Å²) in [5, 5.41) is 12.3. The Morgan fingerprint density at radius 3 is 2.84 bits per heavy atom. The minimum Gasteiger partial charge on any atom is -0.465 e. The highest BCUT2D eigenvalue weighted by atomic mass is 32.2. The predicted molar refractivity (Wildman–Crippen MR) is 117 cm³/mol. The monoisotopic (exact) mass is 452 g/mol. The maximum absolute atomic E-state index is 14.6. The molecule has 2 fully saturated rings. The van der Waals surface area contributed by atoms with Gasteiger partial charge in [0, 0.05) is 23.5 Å². The molecule has 168 valence electrons. The summed E-state index contributed by atoms with van der Waals surface area (Å²) in [6.45, 7) is 0.157. The third-order valence-electron chi connectivity index (χ3n) is 5.92. The lowest BCUT2D eigenvalue weighted by molar-refractivity contribution is 0.134. The number of anilines is 1. The molecule has 31 heavy (non-hydrogen) atoms. The highest BCUT2D eigenvalue weighted by molar-refractivity contribution is 7.99. The predicted octanol–water partition coefficient (Wildman–Crippen LogP) is 4.13. The molecule has 0 radical (unpaired) electrons. The molecule has 0 unspecified atom stereocenters. The molecule has 7 nitrogen and oxygen atoms in total. The number of likely N-dealkylation sites (tertiary alicyclic amines) is 1. The lowest BCUT2D eigenvalue weighted by atomic mass is 10.2. The molecule has 0 bridgehead atoms. The van der Waals surface area contributed by atoms with E-state index < -0.39 is 23.6 Å². The summed E-state index contributed by atoms with van der Waals surface area (Å²) >= 11 is 1.43. The van der Waals surface area contributed by atoms with Crippen LogP contribution in [-0.2, 0) is 5.75 Å². The fourth-order valence-corrected chi connectivity index (χ4v) is 5.51. The number of carboxylic acid groups (broad SMARTS) is 1. The van der Waals surface area contributed by atoms with E-state index in [1.54, 1.807) is 6.07 Å². The summed E-state index contributed by atoms with van der Waals surface area (Å²) in [5.74, 6) is 0.121. The SMILES string of the molecule is O=C(O)N1CC[C@@H](SCc2nc3cc(NC4CCCC4)cc(F)c3c(=O)[nH]2)C[C@@H](F)C1. The molecule has 10 heteroatoms. The standard InChI is InChI=1S/C21H26F2N4O3S/c22-12-7-15(5-6-27(10-12)21(29)30)31-11-18-25-17-9-14(24-13-3-1-2-4-13)8-16(23)19(17)20(28)26-18/h8-9,12-13,15,24H,1-7,10-11H2,(H,29,30)(H,25,26,28)/t12-,15-/m1/s1. The smallest absolute Gasteiger partial charge is 0.407 e. The van der Waals surface area contributed by atoms with E-state index in [-0.39, 0.29) is 30.1 Å². The van der Waals surface area contributed by atoms with Crippen molar-refractivity contribution in [2.45, 2.75) is 61.7 Å². The van der Waals surface area contributed by atoms with Gasteiger partial charge in [0.2, 0.25) is 0 Å². The van der Waals surface area contributed by atoms with Crippen molar-refractivity contribution in [2.75, 3.05) is 18.4 Å². The Bertz CT molecular complexity index is 1010. The molecule has 3 N–H and O–H groups in total. The lowest BCUT2D eigenvalue weighted by Gasteiger charge is -2.16. The Morgan fingerprint density at radius 1 is 1.32 bits per heavy atom. The number of rotatable bonds is 5. The van der Waals surface area contributed by atoms with Crippen LogP contribution in [-0.4, -0.2) is 56.6 Å². The second-order valence-electron chi connectivity index (χ2n) is 8.27. The zero-order valence-corrected chi connectivity index (χ0v) is 17.9. The average molecular weight is 453 g/mol. The highest BCUT2D eigenvalue weighted by Gasteiger charge is 2.27. The van der Waals surface area contributed by atoms with Gasteiger partial charge in [-0.25, -0.2) is 18.6 Å². The van der Waals surface area contributed by atoms with Crippen LogP contribution < -0.4 is 10.9 Å². The van der Waals surface area contributed by atoms with Crippen LogP contribution in [0, 0.1) is 5.82 Å². The van der Waals surface area contributed by atoms with Gasteiger partial charge < -0.3 is 20.3 Å². The Morgan fingerprint density at radius 2 is 2.10 bits per heavy atom. The van der Waals surface area contributed by atoms with Crippen LogP contribution in [0.25, 0.3) is 10.9 Å². The van der Waals surface area contributed by atoms with E-state index >= 15 is 0 Å². The number of amides is 1. The van der Waals surface area contributed by atoms with Crippen LogP contribution in [0.3, 0.4) is 0 Å². The van der Waals surface area contributed by atoms with Gasteiger partial charge in [-0.1, -0.05) is 12.8 Å². The van der Waals surface area contributed by atoms with E-state index in [2.05, 4.69) is 15.3 Å². The molecule has 1 saturated heterocycles. The fourth-order valence-electron chi connectivity index (χ4n) is 4.36. The number of carbonyl (C=O) groups is 1. The molecule has 1 aromatic carbocycles. The van der Waals surface area contributed by atoms with Gasteiger partial charge in [0.25, 0.3) is 5.56 Å². The molecule has 4 rings (SSSR count). The molecular formula is C21H26F2N4O3S. The Hall–Kier alpha value is -2.36. The normalized spacial score (nSPS) is 22.6. The van der Waals surface area contributed by atoms with Crippen molar-refractivity contribution in [1.82, 2.24) is 14.9 Å². The Kier molecular flexibility index (Phi) is 6.64. The molecule has 1 saturated carbocycles. The van der Waals surface area contributed by atoms with Crippen molar-refractivity contribution in [3.05, 3.63) is 34.1 Å². The second kappa shape index (κ2) is 9.42. The lowest BCUT2D eigenvalue weighted by Crippen LogP contribution is -2.33.